The van der Waals surface area contributed by atoms with Crippen molar-refractivity contribution in [1.29, 1.82) is 0 Å². The van der Waals surface area contributed by atoms with Gasteiger partial charge in [-0.3, -0.25) is 0 Å². The first-order valence-corrected chi connectivity index (χ1v) is 18.2. The van der Waals surface area contributed by atoms with Gasteiger partial charge in [-0.25, -0.2) is 0 Å². The molecule has 0 saturated heterocycles. The Bertz CT molecular complexity index is 2980. The molecule has 0 saturated carbocycles. The minimum absolute atomic E-state index is 0.334. The van der Waals surface area contributed by atoms with E-state index >= 15 is 0 Å². The number of nitrogens with zero attached hydrogens (tertiary/aromatic N) is 1. The van der Waals surface area contributed by atoms with Crippen LogP contribution in [0, 0.1) is 0 Å². The summed E-state index contributed by atoms with van der Waals surface area (Å²) in [5, 5.41) is 4.49. The highest BCUT2D eigenvalue weighted by Crippen LogP contribution is 2.54. The Morgan fingerprint density at radius 1 is 0.377 bits per heavy atom. The van der Waals surface area contributed by atoms with E-state index in [1.165, 1.54) is 27.8 Å². The van der Waals surface area contributed by atoms with E-state index in [1.807, 2.05) is 12.1 Å². The molecule has 0 unspecified atom stereocenters. The van der Waals surface area contributed by atoms with E-state index in [4.69, 9.17) is 8.83 Å². The summed E-state index contributed by atoms with van der Waals surface area (Å²) in [5.74, 6) is 0. The summed E-state index contributed by atoms with van der Waals surface area (Å²) >= 11 is 0. The molecule has 53 heavy (non-hydrogen) atoms. The molecule has 3 heteroatoms. The van der Waals surface area contributed by atoms with E-state index in [1.54, 1.807) is 0 Å². The number of fused-ring (bicyclic) bond motifs is 9. The third-order valence-electron chi connectivity index (χ3n) is 11.4. The fraction of sp³-hybridized carbons (Fsp3) is 0.0400. The smallest absolute Gasteiger partial charge is 0.139 e. The van der Waals surface area contributed by atoms with Gasteiger partial charge in [0.2, 0.25) is 0 Å². The van der Waals surface area contributed by atoms with Gasteiger partial charge >= 0.3 is 0 Å². The van der Waals surface area contributed by atoms with Gasteiger partial charge in [-0.1, -0.05) is 121 Å². The zero-order chi connectivity index (χ0) is 35.1. The lowest BCUT2D eigenvalue weighted by molar-refractivity contribution is 0.638. The molecule has 11 rings (SSSR count). The minimum Gasteiger partial charge on any atom is -0.456 e. The fourth-order valence-electron chi connectivity index (χ4n) is 8.80. The molecule has 8 aromatic carbocycles. The molecule has 1 aliphatic carbocycles. The predicted octanol–water partition coefficient (Wildman–Crippen LogP) is 14.0. The van der Waals surface area contributed by atoms with Crippen LogP contribution in [0.2, 0.25) is 0 Å². The maximum Gasteiger partial charge on any atom is 0.139 e. The van der Waals surface area contributed by atoms with Crippen LogP contribution in [0.25, 0.3) is 66.1 Å². The highest BCUT2D eigenvalue weighted by molar-refractivity contribution is 6.08. The number of rotatable bonds is 5. The molecule has 0 amide bonds. The molecule has 0 spiro atoms. The van der Waals surface area contributed by atoms with Crippen LogP contribution in [0.5, 0.6) is 0 Å². The summed E-state index contributed by atoms with van der Waals surface area (Å²) in [7, 11) is 0. The first-order chi connectivity index (χ1) is 26.1. The number of hydrogen-bond acceptors (Lipinski definition) is 3. The van der Waals surface area contributed by atoms with E-state index in [0.717, 1.165) is 72.1 Å². The van der Waals surface area contributed by atoms with Gasteiger partial charge in [0, 0.05) is 49.6 Å². The van der Waals surface area contributed by atoms with Crippen molar-refractivity contribution in [2.24, 2.45) is 0 Å². The molecule has 250 valence electrons. The van der Waals surface area contributed by atoms with Gasteiger partial charge in [0.15, 0.2) is 0 Å². The molecular weight excluding hydrogens is 647 g/mol. The Balaban J connectivity index is 0.996. The average molecular weight is 680 g/mol. The van der Waals surface area contributed by atoms with Crippen molar-refractivity contribution in [3.8, 4) is 22.3 Å². The summed E-state index contributed by atoms with van der Waals surface area (Å²) in [6.45, 7) is 2.35. The highest BCUT2D eigenvalue weighted by Gasteiger charge is 2.42. The van der Waals surface area contributed by atoms with Crippen molar-refractivity contribution in [2.75, 3.05) is 4.90 Å². The van der Waals surface area contributed by atoms with E-state index in [2.05, 4.69) is 182 Å². The Labute approximate surface area is 307 Å². The second kappa shape index (κ2) is 11.3. The lowest BCUT2D eigenvalue weighted by atomic mass is 9.74. The monoisotopic (exact) mass is 679 g/mol. The Kier molecular flexibility index (Phi) is 6.38. The second-order valence-electron chi connectivity index (χ2n) is 14.2. The molecule has 0 fully saturated rings. The number of furan rings is 2. The SMILES string of the molecule is CC1(c2cccc3c2oc2cc(-c4ccc(N(c5ccccc5)c5ccc6oc7ccccc7c6c5)cc4)ccc23)c2ccccc2-c2ccccc21. The van der Waals surface area contributed by atoms with Gasteiger partial charge in [0.05, 0.1) is 0 Å². The van der Waals surface area contributed by atoms with Gasteiger partial charge in [-0.15, -0.1) is 0 Å². The summed E-state index contributed by atoms with van der Waals surface area (Å²) < 4.78 is 13.0. The summed E-state index contributed by atoms with van der Waals surface area (Å²) in [6.07, 6.45) is 0. The van der Waals surface area contributed by atoms with Gasteiger partial charge in [0.1, 0.15) is 22.3 Å². The first-order valence-electron chi connectivity index (χ1n) is 18.2. The molecule has 10 aromatic rings. The van der Waals surface area contributed by atoms with Crippen molar-refractivity contribution in [2.45, 2.75) is 12.3 Å². The second-order valence-corrected chi connectivity index (χ2v) is 14.2. The number of hydrogen-bond donors (Lipinski definition) is 0. The van der Waals surface area contributed by atoms with Crippen molar-refractivity contribution < 1.29 is 8.83 Å². The van der Waals surface area contributed by atoms with Gasteiger partial charge in [-0.05, 0) is 101 Å². The molecule has 0 atom stereocenters. The Morgan fingerprint density at radius 3 is 1.75 bits per heavy atom. The number of para-hydroxylation sites is 3. The van der Waals surface area contributed by atoms with Crippen molar-refractivity contribution >= 4 is 60.9 Å². The van der Waals surface area contributed by atoms with Crippen LogP contribution in [0.4, 0.5) is 17.1 Å². The maximum absolute atomic E-state index is 6.87. The molecule has 3 nitrogen and oxygen atoms in total. The predicted molar refractivity (Wildman–Crippen MR) is 219 cm³/mol. The Hall–Kier alpha value is -6.84. The van der Waals surface area contributed by atoms with Crippen molar-refractivity contribution in [3.63, 3.8) is 0 Å². The van der Waals surface area contributed by atoms with Gasteiger partial charge in [-0.2, -0.15) is 0 Å². The molecule has 0 radical (unpaired) electrons. The zero-order valence-corrected chi connectivity index (χ0v) is 29.1. The lowest BCUT2D eigenvalue weighted by Gasteiger charge is -2.28. The third kappa shape index (κ3) is 4.41. The van der Waals surface area contributed by atoms with Gasteiger partial charge in [0.25, 0.3) is 0 Å². The lowest BCUT2D eigenvalue weighted by Crippen LogP contribution is -2.22. The van der Waals surface area contributed by atoms with Crippen LogP contribution in [-0.4, -0.2) is 0 Å². The van der Waals surface area contributed by atoms with Crippen molar-refractivity contribution in [1.82, 2.24) is 0 Å². The molecule has 2 aromatic heterocycles. The first kappa shape index (κ1) is 29.8. The van der Waals surface area contributed by atoms with E-state index < -0.39 is 0 Å². The summed E-state index contributed by atoms with van der Waals surface area (Å²) in [6, 6.07) is 64.9. The third-order valence-corrected chi connectivity index (χ3v) is 11.4. The van der Waals surface area contributed by atoms with E-state index in [-0.39, 0.29) is 5.41 Å². The molecular formula is C50H33NO2. The van der Waals surface area contributed by atoms with Crippen LogP contribution in [-0.2, 0) is 5.41 Å². The Morgan fingerprint density at radius 2 is 0.962 bits per heavy atom. The molecule has 0 aliphatic heterocycles. The summed E-state index contributed by atoms with van der Waals surface area (Å²) in [4.78, 5) is 2.30. The van der Waals surface area contributed by atoms with Crippen LogP contribution in [0.1, 0.15) is 23.6 Å². The zero-order valence-electron chi connectivity index (χ0n) is 29.1. The van der Waals surface area contributed by atoms with Crippen LogP contribution in [0.3, 0.4) is 0 Å². The summed E-state index contributed by atoms with van der Waals surface area (Å²) in [5.41, 5.74) is 15.2. The quantitative estimate of drug-likeness (QED) is 0.181. The normalized spacial score (nSPS) is 13.2. The van der Waals surface area contributed by atoms with Gasteiger partial charge < -0.3 is 13.7 Å². The molecule has 2 heterocycles. The standard InChI is InChI=1S/C50H33NO2/c1-50(43-18-8-5-14-37(43)38-15-6-9-19-44(38)50)45-20-11-17-41-40-28-24-33(30-48(40)53-49(41)45)32-22-25-35(26-23-32)51(34-12-3-2-4-13-34)36-27-29-47-42(31-36)39-16-7-10-21-46(39)52-47/h2-31H,1H3. The average Bonchev–Trinajstić information content (AvgIpc) is 3.87. The van der Waals surface area contributed by atoms with Crippen molar-refractivity contribution in [3.05, 3.63) is 199 Å². The molecule has 0 bridgehead atoms. The molecule has 0 N–H and O–H groups in total. The maximum atomic E-state index is 6.87. The van der Waals surface area contributed by atoms with Crippen LogP contribution < -0.4 is 4.90 Å². The largest absolute Gasteiger partial charge is 0.456 e. The van der Waals surface area contributed by atoms with E-state index in [0.29, 0.717) is 0 Å². The highest BCUT2D eigenvalue weighted by atomic mass is 16.3. The van der Waals surface area contributed by atoms with Crippen LogP contribution >= 0.6 is 0 Å². The topological polar surface area (TPSA) is 29.5 Å². The number of anilines is 3. The molecule has 1 aliphatic rings. The van der Waals surface area contributed by atoms with E-state index in [9.17, 15) is 0 Å². The number of benzene rings is 8. The van der Waals surface area contributed by atoms with Crippen LogP contribution in [0.15, 0.2) is 191 Å². The fourth-order valence-corrected chi connectivity index (χ4v) is 8.80. The minimum atomic E-state index is -0.334.